The molecule has 3 rings (SSSR count). The van der Waals surface area contributed by atoms with Gasteiger partial charge in [0, 0.05) is 11.3 Å². The van der Waals surface area contributed by atoms with Crippen molar-refractivity contribution >= 4 is 22.9 Å². The van der Waals surface area contributed by atoms with Crippen LogP contribution in [-0.4, -0.2) is 5.91 Å². The number of para-hydroxylation sites is 1. The average Bonchev–Trinajstić information content (AvgIpc) is 3.11. The molecule has 4 heteroatoms. The Morgan fingerprint density at radius 1 is 1.12 bits per heavy atom. The Morgan fingerprint density at radius 2 is 1.85 bits per heavy atom. The highest BCUT2D eigenvalue weighted by Crippen LogP contribution is 2.22. The summed E-state index contributed by atoms with van der Waals surface area (Å²) in [5.41, 5.74) is 4.17. The van der Waals surface area contributed by atoms with E-state index in [-0.39, 0.29) is 5.91 Å². The second kappa shape index (κ2) is 8.19. The summed E-state index contributed by atoms with van der Waals surface area (Å²) in [6, 6.07) is 17.8. The molecule has 1 aromatic heterocycles. The quantitative estimate of drug-likeness (QED) is 0.581. The molecule has 0 radical (unpaired) electrons. The third-order valence-corrected chi connectivity index (χ3v) is 5.18. The molecule has 0 saturated carbocycles. The lowest BCUT2D eigenvalue weighted by molar-refractivity contribution is 0.103. The van der Waals surface area contributed by atoms with Crippen molar-refractivity contribution in [1.82, 2.24) is 0 Å². The Kier molecular flexibility index (Phi) is 5.74. The van der Waals surface area contributed by atoms with Crippen LogP contribution in [0, 0.1) is 6.92 Å². The first-order valence-electron chi connectivity index (χ1n) is 8.70. The maximum atomic E-state index is 12.4. The molecular formula is C22H23NO2S. The molecule has 2 aromatic carbocycles. The molecule has 0 aliphatic heterocycles. The van der Waals surface area contributed by atoms with Crippen LogP contribution in [0.2, 0.25) is 0 Å². The Morgan fingerprint density at radius 3 is 2.54 bits per heavy atom. The second-order valence-corrected chi connectivity index (χ2v) is 7.52. The molecule has 1 heterocycles. The summed E-state index contributed by atoms with van der Waals surface area (Å²) in [7, 11) is 0. The van der Waals surface area contributed by atoms with E-state index in [0.29, 0.717) is 17.4 Å². The van der Waals surface area contributed by atoms with Crippen LogP contribution in [0.3, 0.4) is 0 Å². The molecule has 1 amide bonds. The number of benzene rings is 2. The van der Waals surface area contributed by atoms with Gasteiger partial charge < -0.3 is 10.1 Å². The van der Waals surface area contributed by atoms with E-state index in [0.717, 1.165) is 22.6 Å². The molecule has 0 bridgehead atoms. The van der Waals surface area contributed by atoms with Gasteiger partial charge in [0.15, 0.2) is 0 Å². The van der Waals surface area contributed by atoms with E-state index in [4.69, 9.17) is 4.74 Å². The molecular weight excluding hydrogens is 342 g/mol. The van der Waals surface area contributed by atoms with E-state index >= 15 is 0 Å². The number of anilines is 1. The SMILES string of the molecule is Cc1ccccc1OCc1csc(C(=O)Nc2ccc(C(C)C)cc2)c1. The summed E-state index contributed by atoms with van der Waals surface area (Å²) >= 11 is 1.43. The van der Waals surface area contributed by atoms with E-state index in [1.165, 1.54) is 16.9 Å². The third-order valence-electron chi connectivity index (χ3n) is 4.20. The lowest BCUT2D eigenvalue weighted by atomic mass is 10.0. The average molecular weight is 365 g/mol. The number of thiophene rings is 1. The van der Waals surface area contributed by atoms with Crippen molar-refractivity contribution in [2.75, 3.05) is 5.32 Å². The van der Waals surface area contributed by atoms with E-state index in [1.54, 1.807) is 0 Å². The fourth-order valence-electron chi connectivity index (χ4n) is 2.59. The zero-order valence-electron chi connectivity index (χ0n) is 15.3. The number of aryl methyl sites for hydroxylation is 1. The van der Waals surface area contributed by atoms with E-state index < -0.39 is 0 Å². The molecule has 0 fully saturated rings. The number of ether oxygens (including phenoxy) is 1. The van der Waals surface area contributed by atoms with Gasteiger partial charge in [-0.05, 0) is 53.6 Å². The molecule has 26 heavy (non-hydrogen) atoms. The lowest BCUT2D eigenvalue weighted by Gasteiger charge is -2.08. The number of amides is 1. The van der Waals surface area contributed by atoms with E-state index in [2.05, 4.69) is 31.3 Å². The molecule has 0 unspecified atom stereocenters. The normalized spacial score (nSPS) is 10.8. The topological polar surface area (TPSA) is 38.3 Å². The molecule has 3 nitrogen and oxygen atoms in total. The van der Waals surface area contributed by atoms with Crippen molar-refractivity contribution in [1.29, 1.82) is 0 Å². The zero-order valence-corrected chi connectivity index (χ0v) is 16.1. The number of hydrogen-bond acceptors (Lipinski definition) is 3. The summed E-state index contributed by atoms with van der Waals surface area (Å²) in [6.45, 7) is 6.78. The second-order valence-electron chi connectivity index (χ2n) is 6.60. The van der Waals surface area contributed by atoms with Crippen LogP contribution >= 0.6 is 11.3 Å². The van der Waals surface area contributed by atoms with Crippen molar-refractivity contribution in [3.63, 3.8) is 0 Å². The highest BCUT2D eigenvalue weighted by atomic mass is 32.1. The van der Waals surface area contributed by atoms with Gasteiger partial charge in [0.25, 0.3) is 5.91 Å². The van der Waals surface area contributed by atoms with Crippen LogP contribution in [0.1, 0.15) is 46.1 Å². The highest BCUT2D eigenvalue weighted by molar-refractivity contribution is 7.12. The van der Waals surface area contributed by atoms with Gasteiger partial charge in [-0.1, -0.05) is 44.2 Å². The largest absolute Gasteiger partial charge is 0.489 e. The summed E-state index contributed by atoms with van der Waals surface area (Å²) < 4.78 is 5.84. The standard InChI is InChI=1S/C22H23NO2S/c1-15(2)18-8-10-19(11-9-18)23-22(24)21-12-17(14-26-21)13-25-20-7-5-4-6-16(20)3/h4-12,14-15H,13H2,1-3H3,(H,23,24). The lowest BCUT2D eigenvalue weighted by Crippen LogP contribution is -2.10. The molecule has 0 atom stereocenters. The summed E-state index contributed by atoms with van der Waals surface area (Å²) in [4.78, 5) is 13.1. The fourth-order valence-corrected chi connectivity index (χ4v) is 3.39. The predicted octanol–water partition coefficient (Wildman–Crippen LogP) is 6.01. The maximum Gasteiger partial charge on any atom is 0.265 e. The summed E-state index contributed by atoms with van der Waals surface area (Å²) in [5, 5.41) is 4.92. The first-order valence-corrected chi connectivity index (χ1v) is 9.58. The van der Waals surface area contributed by atoms with Gasteiger partial charge in [-0.15, -0.1) is 11.3 Å². The van der Waals surface area contributed by atoms with Gasteiger partial charge in [0.1, 0.15) is 12.4 Å². The van der Waals surface area contributed by atoms with Gasteiger partial charge in [-0.3, -0.25) is 4.79 Å². The predicted molar refractivity (Wildman–Crippen MR) is 108 cm³/mol. The Bertz CT molecular complexity index is 881. The van der Waals surface area contributed by atoms with Gasteiger partial charge in [0.05, 0.1) is 4.88 Å². The number of carbonyl (C=O) groups excluding carboxylic acids is 1. The van der Waals surface area contributed by atoms with Crippen molar-refractivity contribution < 1.29 is 9.53 Å². The third kappa shape index (κ3) is 4.52. The van der Waals surface area contributed by atoms with Crippen LogP contribution in [0.15, 0.2) is 60.0 Å². The van der Waals surface area contributed by atoms with Crippen LogP contribution < -0.4 is 10.1 Å². The maximum absolute atomic E-state index is 12.4. The first kappa shape index (κ1) is 18.2. The van der Waals surface area contributed by atoms with Crippen molar-refractivity contribution in [3.8, 4) is 5.75 Å². The minimum atomic E-state index is -0.0885. The van der Waals surface area contributed by atoms with Crippen LogP contribution in [0.4, 0.5) is 5.69 Å². The van der Waals surface area contributed by atoms with Crippen LogP contribution in [0.5, 0.6) is 5.75 Å². The van der Waals surface area contributed by atoms with Crippen molar-refractivity contribution in [2.24, 2.45) is 0 Å². The van der Waals surface area contributed by atoms with Gasteiger partial charge in [-0.25, -0.2) is 0 Å². The van der Waals surface area contributed by atoms with Crippen LogP contribution in [0.25, 0.3) is 0 Å². The Hall–Kier alpha value is -2.59. The molecule has 3 aromatic rings. The molecule has 0 saturated heterocycles. The van der Waals surface area contributed by atoms with Gasteiger partial charge in [-0.2, -0.15) is 0 Å². The molecule has 0 aliphatic rings. The zero-order chi connectivity index (χ0) is 18.5. The summed E-state index contributed by atoms with van der Waals surface area (Å²) in [5.74, 6) is 1.26. The van der Waals surface area contributed by atoms with Crippen LogP contribution in [-0.2, 0) is 6.61 Å². The van der Waals surface area contributed by atoms with E-state index in [1.807, 2.05) is 54.8 Å². The molecule has 0 aliphatic carbocycles. The molecule has 1 N–H and O–H groups in total. The monoisotopic (exact) mass is 365 g/mol. The number of nitrogens with one attached hydrogen (secondary N) is 1. The fraction of sp³-hybridized carbons (Fsp3) is 0.227. The summed E-state index contributed by atoms with van der Waals surface area (Å²) in [6.07, 6.45) is 0. The molecule has 134 valence electrons. The van der Waals surface area contributed by atoms with Gasteiger partial charge >= 0.3 is 0 Å². The minimum absolute atomic E-state index is 0.0885. The number of rotatable bonds is 6. The smallest absolute Gasteiger partial charge is 0.265 e. The molecule has 0 spiro atoms. The van der Waals surface area contributed by atoms with E-state index in [9.17, 15) is 4.79 Å². The number of carbonyl (C=O) groups is 1. The Balaban J connectivity index is 1.60. The van der Waals surface area contributed by atoms with Gasteiger partial charge in [0.2, 0.25) is 0 Å². The van der Waals surface area contributed by atoms with Crippen molar-refractivity contribution in [3.05, 3.63) is 81.5 Å². The highest BCUT2D eigenvalue weighted by Gasteiger charge is 2.10. The first-order chi connectivity index (χ1) is 12.5. The number of hydrogen-bond donors (Lipinski definition) is 1. The van der Waals surface area contributed by atoms with Crippen molar-refractivity contribution in [2.45, 2.75) is 33.3 Å². The minimum Gasteiger partial charge on any atom is -0.489 e. The Labute approximate surface area is 158 Å².